The van der Waals surface area contributed by atoms with Crippen LogP contribution >= 0.6 is 0 Å². The van der Waals surface area contributed by atoms with Gasteiger partial charge in [-0.2, -0.15) is 0 Å². The van der Waals surface area contributed by atoms with Crippen LogP contribution in [-0.4, -0.2) is 39.6 Å². The fraction of sp³-hybridized carbons (Fsp3) is 0.367. The quantitative estimate of drug-likeness (QED) is 0.353. The second kappa shape index (κ2) is 9.51. The number of nitrogens with zero attached hydrogens (tertiary/aromatic N) is 2. The third kappa shape index (κ3) is 4.53. The molecule has 0 radical (unpaired) electrons. The van der Waals surface area contributed by atoms with Crippen LogP contribution in [0.1, 0.15) is 72.1 Å². The van der Waals surface area contributed by atoms with E-state index in [0.717, 1.165) is 24.0 Å². The summed E-state index contributed by atoms with van der Waals surface area (Å²) in [6, 6.07) is 16.1. The van der Waals surface area contributed by atoms with Crippen LogP contribution in [0.2, 0.25) is 0 Å². The minimum Gasteiger partial charge on any atom is -0.383 e. The van der Waals surface area contributed by atoms with Crippen molar-refractivity contribution in [1.29, 1.82) is 5.41 Å². The van der Waals surface area contributed by atoms with E-state index in [-0.39, 0.29) is 11.3 Å². The topological polar surface area (TPSA) is 109 Å². The van der Waals surface area contributed by atoms with E-state index in [0.29, 0.717) is 28.6 Å². The van der Waals surface area contributed by atoms with Crippen LogP contribution in [0.15, 0.2) is 54.7 Å². The Balaban J connectivity index is 1.40. The van der Waals surface area contributed by atoms with Crippen LogP contribution in [0.4, 0.5) is 5.82 Å². The highest BCUT2D eigenvalue weighted by Crippen LogP contribution is 2.38. The van der Waals surface area contributed by atoms with Gasteiger partial charge in [-0.1, -0.05) is 30.3 Å². The standard InChI is InChI=1S/C30H35N5O/c1-19-4-3-15-35(19)30(2)13-11-20-5-10-23(16-24(20)12-14-30)25-17-26(28(32)34-18-25)27(31)21-6-8-22(9-7-21)29(33)36/h5-10,16-19,31H,3-4,11-15H2,1-2H3,(H2,32,34)(H2,33,36). The van der Waals surface area contributed by atoms with Gasteiger partial charge >= 0.3 is 0 Å². The minimum atomic E-state index is -0.491. The molecule has 0 saturated carbocycles. The molecule has 2 heterocycles. The van der Waals surface area contributed by atoms with Crippen molar-refractivity contribution in [3.05, 3.63) is 82.5 Å². The molecule has 2 unspecified atom stereocenters. The second-order valence-electron chi connectivity index (χ2n) is 10.6. The third-order valence-electron chi connectivity index (χ3n) is 8.30. The van der Waals surface area contributed by atoms with Crippen molar-refractivity contribution < 1.29 is 4.79 Å². The average Bonchev–Trinajstić information content (AvgIpc) is 3.25. The predicted octanol–water partition coefficient (Wildman–Crippen LogP) is 4.97. The molecule has 2 atom stereocenters. The molecule has 2 aromatic carbocycles. The molecule has 1 fully saturated rings. The summed E-state index contributed by atoms with van der Waals surface area (Å²) in [5.41, 5.74) is 18.6. The number of nitrogens with two attached hydrogens (primary N) is 2. The summed E-state index contributed by atoms with van der Waals surface area (Å²) in [7, 11) is 0. The molecular formula is C30H35N5O. The molecule has 5 N–H and O–H groups in total. The first-order chi connectivity index (χ1) is 17.2. The number of benzene rings is 2. The van der Waals surface area contributed by atoms with Gasteiger partial charge in [-0.05, 0) is 93.8 Å². The number of likely N-dealkylation sites (tertiary alicyclic amines) is 1. The van der Waals surface area contributed by atoms with Crippen LogP contribution in [0, 0.1) is 5.41 Å². The molecular weight excluding hydrogens is 446 g/mol. The lowest BCUT2D eigenvalue weighted by Crippen LogP contribution is -2.48. The highest BCUT2D eigenvalue weighted by molar-refractivity contribution is 6.14. The Morgan fingerprint density at radius 1 is 1.03 bits per heavy atom. The molecule has 36 heavy (non-hydrogen) atoms. The summed E-state index contributed by atoms with van der Waals surface area (Å²) in [4.78, 5) is 18.6. The van der Waals surface area contributed by atoms with Crippen molar-refractivity contribution >= 4 is 17.4 Å². The van der Waals surface area contributed by atoms with Gasteiger partial charge < -0.3 is 11.5 Å². The first-order valence-electron chi connectivity index (χ1n) is 12.9. The largest absolute Gasteiger partial charge is 0.383 e. The summed E-state index contributed by atoms with van der Waals surface area (Å²) in [5.74, 6) is -0.178. The molecule has 1 saturated heterocycles. The smallest absolute Gasteiger partial charge is 0.248 e. The van der Waals surface area contributed by atoms with Crippen LogP contribution in [0.3, 0.4) is 0 Å². The number of nitrogen functional groups attached to an aromatic ring is 1. The first-order valence-corrected chi connectivity index (χ1v) is 12.9. The molecule has 3 aromatic rings. The number of nitrogens with one attached hydrogen (secondary N) is 1. The zero-order valence-electron chi connectivity index (χ0n) is 21.2. The maximum atomic E-state index is 11.4. The van der Waals surface area contributed by atoms with Crippen molar-refractivity contribution in [2.24, 2.45) is 5.73 Å². The zero-order valence-corrected chi connectivity index (χ0v) is 21.2. The normalized spacial score (nSPS) is 22.1. The molecule has 2 aliphatic rings. The van der Waals surface area contributed by atoms with E-state index in [1.807, 2.05) is 6.07 Å². The summed E-state index contributed by atoms with van der Waals surface area (Å²) >= 11 is 0. The summed E-state index contributed by atoms with van der Waals surface area (Å²) in [5, 5.41) is 8.73. The Morgan fingerprint density at radius 3 is 2.39 bits per heavy atom. The van der Waals surface area contributed by atoms with Crippen LogP contribution in [0.25, 0.3) is 11.1 Å². The number of fused-ring (bicyclic) bond motifs is 1. The first kappa shape index (κ1) is 24.2. The number of carbonyl (C=O) groups excluding carboxylic acids is 1. The molecule has 1 aliphatic carbocycles. The number of hydrogen-bond donors (Lipinski definition) is 3. The van der Waals surface area contributed by atoms with E-state index in [1.54, 1.807) is 30.5 Å². The number of pyridine rings is 1. The van der Waals surface area contributed by atoms with Gasteiger partial charge in [-0.3, -0.25) is 15.1 Å². The highest BCUT2D eigenvalue weighted by atomic mass is 16.1. The lowest BCUT2D eigenvalue weighted by Gasteiger charge is -2.41. The van der Waals surface area contributed by atoms with Crippen LogP contribution < -0.4 is 11.5 Å². The minimum absolute atomic E-state index is 0.254. The van der Waals surface area contributed by atoms with Gasteiger partial charge in [0.15, 0.2) is 0 Å². The molecule has 1 aliphatic heterocycles. The average molecular weight is 482 g/mol. The van der Waals surface area contributed by atoms with E-state index in [2.05, 4.69) is 41.9 Å². The number of amides is 1. The molecule has 0 spiro atoms. The van der Waals surface area contributed by atoms with Crippen LogP contribution in [-0.2, 0) is 12.8 Å². The molecule has 1 aromatic heterocycles. The van der Waals surface area contributed by atoms with Crippen molar-refractivity contribution in [3.63, 3.8) is 0 Å². The SMILES string of the molecule is CC1CCCN1C1(C)CCc2ccc(-c3cnc(N)c(C(=N)c4ccc(C(N)=O)cc4)c3)cc2CC1. The Morgan fingerprint density at radius 2 is 1.72 bits per heavy atom. The van der Waals surface area contributed by atoms with Gasteiger partial charge in [0.2, 0.25) is 5.91 Å². The maximum Gasteiger partial charge on any atom is 0.248 e. The third-order valence-corrected chi connectivity index (χ3v) is 8.30. The molecule has 5 rings (SSSR count). The van der Waals surface area contributed by atoms with E-state index >= 15 is 0 Å². The van der Waals surface area contributed by atoms with Crippen molar-refractivity contribution in [3.8, 4) is 11.1 Å². The molecule has 186 valence electrons. The highest BCUT2D eigenvalue weighted by Gasteiger charge is 2.38. The molecule has 6 heteroatoms. The number of primary amides is 1. The summed E-state index contributed by atoms with van der Waals surface area (Å²) < 4.78 is 0. The monoisotopic (exact) mass is 481 g/mol. The number of anilines is 1. The van der Waals surface area contributed by atoms with Gasteiger partial charge in [0.1, 0.15) is 5.82 Å². The van der Waals surface area contributed by atoms with E-state index in [9.17, 15) is 4.79 Å². The fourth-order valence-electron chi connectivity index (χ4n) is 6.03. The Bertz CT molecular complexity index is 1320. The second-order valence-corrected chi connectivity index (χ2v) is 10.6. The Hall–Kier alpha value is -3.51. The Kier molecular flexibility index (Phi) is 6.39. The lowest BCUT2D eigenvalue weighted by molar-refractivity contribution is 0.0821. The van der Waals surface area contributed by atoms with Gasteiger partial charge in [-0.15, -0.1) is 0 Å². The number of aryl methyl sites for hydroxylation is 2. The van der Waals surface area contributed by atoms with E-state index < -0.39 is 5.91 Å². The van der Waals surface area contributed by atoms with Crippen LogP contribution in [0.5, 0.6) is 0 Å². The summed E-state index contributed by atoms with van der Waals surface area (Å²) in [6.07, 6.45) is 8.95. The van der Waals surface area contributed by atoms with Crippen molar-refractivity contribution in [2.45, 2.75) is 64.0 Å². The maximum absolute atomic E-state index is 11.4. The fourth-order valence-corrected chi connectivity index (χ4v) is 6.03. The van der Waals surface area contributed by atoms with Gasteiger partial charge in [0, 0.05) is 40.0 Å². The number of rotatable bonds is 5. The number of carbonyl (C=O) groups is 1. The summed E-state index contributed by atoms with van der Waals surface area (Å²) in [6.45, 7) is 6.06. The van der Waals surface area contributed by atoms with E-state index in [4.69, 9.17) is 16.9 Å². The Labute approximate surface area is 213 Å². The van der Waals surface area contributed by atoms with Crippen molar-refractivity contribution in [2.75, 3.05) is 12.3 Å². The molecule has 6 nitrogen and oxygen atoms in total. The zero-order chi connectivity index (χ0) is 25.4. The lowest BCUT2D eigenvalue weighted by atomic mass is 9.89. The van der Waals surface area contributed by atoms with E-state index in [1.165, 1.54) is 43.4 Å². The molecule has 1 amide bonds. The number of aromatic nitrogens is 1. The van der Waals surface area contributed by atoms with Gasteiger partial charge in [0.05, 0.1) is 5.71 Å². The van der Waals surface area contributed by atoms with Gasteiger partial charge in [0.25, 0.3) is 0 Å². The van der Waals surface area contributed by atoms with Gasteiger partial charge in [-0.25, -0.2) is 4.98 Å². The van der Waals surface area contributed by atoms with Crippen molar-refractivity contribution in [1.82, 2.24) is 9.88 Å². The number of hydrogen-bond acceptors (Lipinski definition) is 5. The predicted molar refractivity (Wildman–Crippen MR) is 145 cm³/mol. The molecule has 0 bridgehead atoms.